The van der Waals surface area contributed by atoms with E-state index < -0.39 is 10.0 Å². The van der Waals surface area contributed by atoms with Crippen LogP contribution in [0.25, 0.3) is 0 Å². The minimum atomic E-state index is -3.80. The normalized spacial score (nSPS) is 17.1. The van der Waals surface area contributed by atoms with E-state index >= 15 is 0 Å². The Kier molecular flexibility index (Phi) is 5.39. The van der Waals surface area contributed by atoms with E-state index in [1.54, 1.807) is 12.1 Å². The Morgan fingerprint density at radius 3 is 2.70 bits per heavy atom. The number of nitrogens with zero attached hydrogens (tertiary/aromatic N) is 1. The van der Waals surface area contributed by atoms with Crippen LogP contribution < -0.4 is 9.88 Å². The quantitative estimate of drug-likeness (QED) is 0.835. The van der Waals surface area contributed by atoms with E-state index in [0.717, 1.165) is 32.8 Å². The second-order valence-electron chi connectivity index (χ2n) is 4.44. The summed E-state index contributed by atoms with van der Waals surface area (Å²) in [4.78, 5) is 2.20. The number of benzene rings is 1. The van der Waals surface area contributed by atoms with Gasteiger partial charge in [-0.2, -0.15) is 0 Å². The molecule has 0 amide bonds. The highest BCUT2D eigenvalue weighted by Gasteiger charge is 2.16. The van der Waals surface area contributed by atoms with Crippen molar-refractivity contribution in [1.29, 1.82) is 0 Å². The highest BCUT2D eigenvalue weighted by molar-refractivity contribution is 9.10. The molecule has 112 valence electrons. The van der Waals surface area contributed by atoms with Crippen molar-refractivity contribution in [2.45, 2.75) is 4.90 Å². The third-order valence-corrected chi connectivity index (χ3v) is 4.41. The topological polar surface area (TPSA) is 81.9 Å². The van der Waals surface area contributed by atoms with Crippen LogP contribution in [0, 0.1) is 0 Å². The molecule has 1 saturated heterocycles. The van der Waals surface area contributed by atoms with E-state index in [-0.39, 0.29) is 10.6 Å². The zero-order chi connectivity index (χ0) is 14.6. The lowest BCUT2D eigenvalue weighted by molar-refractivity contribution is 0.0321. The van der Waals surface area contributed by atoms with Gasteiger partial charge in [0.1, 0.15) is 17.3 Å². The number of morpholine rings is 1. The summed E-state index contributed by atoms with van der Waals surface area (Å²) in [6.07, 6.45) is 0. The fourth-order valence-corrected chi connectivity index (χ4v) is 3.14. The largest absolute Gasteiger partial charge is 0.491 e. The third kappa shape index (κ3) is 4.42. The van der Waals surface area contributed by atoms with Crippen molar-refractivity contribution in [2.75, 3.05) is 39.5 Å². The molecule has 0 aromatic heterocycles. The van der Waals surface area contributed by atoms with E-state index in [9.17, 15) is 8.42 Å². The van der Waals surface area contributed by atoms with Crippen molar-refractivity contribution in [1.82, 2.24) is 4.90 Å². The summed E-state index contributed by atoms with van der Waals surface area (Å²) < 4.78 is 34.5. The van der Waals surface area contributed by atoms with Crippen LogP contribution in [0.3, 0.4) is 0 Å². The van der Waals surface area contributed by atoms with Crippen molar-refractivity contribution < 1.29 is 17.9 Å². The Balaban J connectivity index is 1.98. The molecule has 1 aliphatic heterocycles. The molecular weight excluding hydrogens is 348 g/mol. The Hall–Kier alpha value is -0.670. The van der Waals surface area contributed by atoms with Crippen LogP contribution in [0.15, 0.2) is 27.6 Å². The summed E-state index contributed by atoms with van der Waals surface area (Å²) in [6.45, 7) is 4.31. The number of halogens is 1. The lowest BCUT2D eigenvalue weighted by Crippen LogP contribution is -2.38. The molecule has 0 unspecified atom stereocenters. The summed E-state index contributed by atoms with van der Waals surface area (Å²) in [7, 11) is -3.80. The molecule has 6 nitrogen and oxygen atoms in total. The molecule has 1 aromatic rings. The zero-order valence-corrected chi connectivity index (χ0v) is 13.3. The number of sulfonamides is 1. The summed E-state index contributed by atoms with van der Waals surface area (Å²) in [5.41, 5.74) is 0. The predicted octanol–water partition coefficient (Wildman–Crippen LogP) is 0.808. The fraction of sp³-hybridized carbons (Fsp3) is 0.500. The van der Waals surface area contributed by atoms with Crippen LogP contribution in [-0.2, 0) is 14.8 Å². The van der Waals surface area contributed by atoms with Gasteiger partial charge >= 0.3 is 0 Å². The molecule has 1 aliphatic rings. The van der Waals surface area contributed by atoms with Gasteiger partial charge in [-0.1, -0.05) is 15.9 Å². The lowest BCUT2D eigenvalue weighted by atomic mass is 10.3. The standard InChI is InChI=1S/C12H17BrN2O4S/c13-10-1-2-11(12(9-10)20(14,16)17)19-8-5-15-3-6-18-7-4-15/h1-2,9H,3-8H2,(H2,14,16,17). The number of ether oxygens (including phenoxy) is 2. The summed E-state index contributed by atoms with van der Waals surface area (Å²) in [5.74, 6) is 0.281. The highest BCUT2D eigenvalue weighted by atomic mass is 79.9. The fourth-order valence-electron chi connectivity index (χ4n) is 1.93. The van der Waals surface area contributed by atoms with Crippen molar-refractivity contribution in [3.8, 4) is 5.75 Å². The van der Waals surface area contributed by atoms with Gasteiger partial charge in [0, 0.05) is 24.1 Å². The van der Waals surface area contributed by atoms with Crippen LogP contribution in [0.4, 0.5) is 0 Å². The van der Waals surface area contributed by atoms with Gasteiger partial charge in [-0.25, -0.2) is 13.6 Å². The molecule has 2 N–H and O–H groups in total. The number of hydrogen-bond acceptors (Lipinski definition) is 5. The van der Waals surface area contributed by atoms with Gasteiger partial charge in [0.05, 0.1) is 13.2 Å². The SMILES string of the molecule is NS(=O)(=O)c1cc(Br)ccc1OCCN1CCOCC1. The average Bonchev–Trinajstić information content (AvgIpc) is 2.40. The smallest absolute Gasteiger partial charge is 0.241 e. The van der Waals surface area contributed by atoms with Crippen LogP contribution >= 0.6 is 15.9 Å². The average molecular weight is 365 g/mol. The molecule has 1 fully saturated rings. The lowest BCUT2D eigenvalue weighted by Gasteiger charge is -2.26. The zero-order valence-electron chi connectivity index (χ0n) is 10.9. The van der Waals surface area contributed by atoms with E-state index in [4.69, 9.17) is 14.6 Å². The van der Waals surface area contributed by atoms with Gasteiger partial charge in [-0.05, 0) is 18.2 Å². The monoisotopic (exact) mass is 364 g/mol. The molecule has 0 bridgehead atoms. The van der Waals surface area contributed by atoms with E-state index in [1.165, 1.54) is 6.07 Å². The molecule has 2 rings (SSSR count). The molecule has 0 aliphatic carbocycles. The minimum Gasteiger partial charge on any atom is -0.491 e. The Morgan fingerprint density at radius 2 is 2.05 bits per heavy atom. The Labute approximate surface area is 127 Å². The maximum Gasteiger partial charge on any atom is 0.241 e. The highest BCUT2D eigenvalue weighted by Crippen LogP contribution is 2.26. The summed E-state index contributed by atoms with van der Waals surface area (Å²) >= 11 is 3.22. The maximum absolute atomic E-state index is 11.5. The molecule has 8 heteroatoms. The van der Waals surface area contributed by atoms with Gasteiger partial charge in [-0.15, -0.1) is 0 Å². The minimum absolute atomic E-state index is 0.00569. The third-order valence-electron chi connectivity index (χ3n) is 2.98. The Bertz CT molecular complexity index is 559. The number of nitrogens with two attached hydrogens (primary N) is 1. The summed E-state index contributed by atoms with van der Waals surface area (Å²) in [6, 6.07) is 4.77. The predicted molar refractivity (Wildman–Crippen MR) is 78.3 cm³/mol. The molecule has 1 heterocycles. The van der Waals surface area contributed by atoms with Gasteiger partial charge in [0.15, 0.2) is 0 Å². The van der Waals surface area contributed by atoms with Crippen LogP contribution in [-0.4, -0.2) is 52.8 Å². The second kappa shape index (κ2) is 6.86. The first-order valence-corrected chi connectivity index (χ1v) is 8.56. The van der Waals surface area contributed by atoms with E-state index in [1.807, 2.05) is 0 Å². The maximum atomic E-state index is 11.5. The van der Waals surface area contributed by atoms with Crippen LogP contribution in [0.5, 0.6) is 5.75 Å². The van der Waals surface area contributed by atoms with Crippen molar-refractivity contribution in [3.63, 3.8) is 0 Å². The second-order valence-corrected chi connectivity index (χ2v) is 6.88. The molecule has 1 aromatic carbocycles. The van der Waals surface area contributed by atoms with E-state index in [2.05, 4.69) is 20.8 Å². The van der Waals surface area contributed by atoms with Gasteiger partial charge in [0.25, 0.3) is 0 Å². The molecule has 0 spiro atoms. The van der Waals surface area contributed by atoms with Crippen LogP contribution in [0.1, 0.15) is 0 Å². The molecular formula is C12H17BrN2O4S. The van der Waals surface area contributed by atoms with Gasteiger partial charge < -0.3 is 9.47 Å². The number of hydrogen-bond donors (Lipinski definition) is 1. The van der Waals surface area contributed by atoms with E-state index in [0.29, 0.717) is 11.1 Å². The summed E-state index contributed by atoms with van der Waals surface area (Å²) in [5, 5.41) is 5.19. The first kappa shape index (κ1) is 15.7. The molecule has 20 heavy (non-hydrogen) atoms. The van der Waals surface area contributed by atoms with Crippen molar-refractivity contribution >= 4 is 26.0 Å². The first-order chi connectivity index (χ1) is 9.47. The Morgan fingerprint density at radius 1 is 1.35 bits per heavy atom. The van der Waals surface area contributed by atoms with Crippen molar-refractivity contribution in [3.05, 3.63) is 22.7 Å². The number of rotatable bonds is 5. The molecule has 0 saturated carbocycles. The van der Waals surface area contributed by atoms with Crippen LogP contribution in [0.2, 0.25) is 0 Å². The molecule has 0 atom stereocenters. The van der Waals surface area contributed by atoms with Crippen molar-refractivity contribution in [2.24, 2.45) is 5.14 Å². The first-order valence-electron chi connectivity index (χ1n) is 6.22. The van der Waals surface area contributed by atoms with Gasteiger partial charge in [0.2, 0.25) is 10.0 Å². The molecule has 0 radical (unpaired) electrons. The number of primary sulfonamides is 1. The van der Waals surface area contributed by atoms with Gasteiger partial charge in [-0.3, -0.25) is 4.90 Å².